The monoisotopic (exact) mass is 815 g/mol. The first-order chi connectivity index (χ1) is 29.7. The molecule has 0 spiro atoms. The number of unbranched alkanes of at least 4 members (excludes halogenated alkanes) is 1. The first-order valence-corrected chi connectivity index (χ1v) is 22.6. The van der Waals surface area contributed by atoms with Crippen molar-refractivity contribution in [2.24, 2.45) is 0 Å². The Morgan fingerprint density at radius 3 is 2.28 bits per heavy atom. The lowest BCUT2D eigenvalue weighted by Gasteiger charge is -2.19. The molecule has 0 saturated heterocycles. The Kier molecular flexibility index (Phi) is 14.1. The number of aromatic nitrogens is 2. The molecule has 0 radical (unpaired) electrons. The maximum atomic E-state index is 6.56. The molecular weight excluding hydrogens is 759 g/mol. The summed E-state index contributed by atoms with van der Waals surface area (Å²) in [5.41, 5.74) is 9.85. The second kappa shape index (κ2) is 20.6. The number of anilines is 1. The number of aryl methyl sites for hydroxylation is 3. The molecule has 1 unspecified atom stereocenters. The molecule has 0 bridgehead atoms. The zero-order chi connectivity index (χ0) is 40.9. The lowest BCUT2D eigenvalue weighted by Crippen LogP contribution is -2.36. The van der Waals surface area contributed by atoms with Crippen LogP contribution in [0.3, 0.4) is 0 Å². The minimum absolute atomic E-state index is 0.322. The van der Waals surface area contributed by atoms with Crippen LogP contribution in [0.5, 0.6) is 5.75 Å². The molecule has 306 valence electrons. The average Bonchev–Trinajstić information content (AvgIpc) is 3.98. The van der Waals surface area contributed by atoms with Crippen LogP contribution in [0, 0.1) is 0 Å². The highest BCUT2D eigenvalue weighted by Gasteiger charge is 2.28. The lowest BCUT2D eigenvalue weighted by molar-refractivity contribution is -0.697. The Labute approximate surface area is 360 Å². The molecule has 6 nitrogen and oxygen atoms in total. The minimum Gasteiger partial charge on any atom is -0.439 e. The van der Waals surface area contributed by atoms with Gasteiger partial charge in [-0.1, -0.05) is 111 Å². The zero-order valence-corrected chi connectivity index (χ0v) is 35.9. The van der Waals surface area contributed by atoms with Crippen molar-refractivity contribution < 1.29 is 23.0 Å². The van der Waals surface area contributed by atoms with Crippen LogP contribution in [-0.4, -0.2) is 20.3 Å². The van der Waals surface area contributed by atoms with Crippen LogP contribution in [0.4, 0.5) is 5.69 Å². The van der Waals surface area contributed by atoms with Gasteiger partial charge in [-0.2, -0.15) is 4.57 Å². The summed E-state index contributed by atoms with van der Waals surface area (Å²) in [5.74, 6) is 2.65. The molecule has 8 rings (SSSR count). The Balaban J connectivity index is 1.14. The number of oxazole rings is 1. The first kappa shape index (κ1) is 41.1. The van der Waals surface area contributed by atoms with E-state index < -0.39 is 0 Å². The summed E-state index contributed by atoms with van der Waals surface area (Å²) < 4.78 is 23.0. The summed E-state index contributed by atoms with van der Waals surface area (Å²) in [7, 11) is 1.77. The van der Waals surface area contributed by atoms with E-state index in [0.29, 0.717) is 5.25 Å². The Morgan fingerprint density at radius 1 is 0.767 bits per heavy atom. The van der Waals surface area contributed by atoms with E-state index in [4.69, 9.17) is 13.9 Å². The quantitative estimate of drug-likeness (QED) is 0.0602. The fraction of sp³-hybridized carbons (Fsp3) is 0.283. The van der Waals surface area contributed by atoms with Gasteiger partial charge < -0.3 is 18.8 Å². The van der Waals surface area contributed by atoms with Crippen LogP contribution >= 0.6 is 11.8 Å². The van der Waals surface area contributed by atoms with Crippen LogP contribution in [0.2, 0.25) is 0 Å². The van der Waals surface area contributed by atoms with Crippen molar-refractivity contribution in [2.75, 3.05) is 25.2 Å². The van der Waals surface area contributed by atoms with E-state index in [1.54, 1.807) is 7.11 Å². The highest BCUT2D eigenvalue weighted by molar-refractivity contribution is 8.03. The van der Waals surface area contributed by atoms with Crippen molar-refractivity contribution in [1.82, 2.24) is 0 Å². The van der Waals surface area contributed by atoms with Crippen LogP contribution in [-0.2, 0) is 30.7 Å². The van der Waals surface area contributed by atoms with Crippen LogP contribution in [0.15, 0.2) is 178 Å². The fourth-order valence-corrected chi connectivity index (χ4v) is 9.66. The molecule has 7 heteroatoms. The molecule has 3 heterocycles. The van der Waals surface area contributed by atoms with Crippen molar-refractivity contribution in [3.8, 4) is 5.75 Å². The normalized spacial score (nSPS) is 15.8. The number of allylic oxidation sites excluding steroid dienone is 5. The second-order valence-corrected chi connectivity index (χ2v) is 16.8. The van der Waals surface area contributed by atoms with Gasteiger partial charge in [-0.15, -0.1) is 11.8 Å². The predicted octanol–water partition coefficient (Wildman–Crippen LogP) is 11.9. The van der Waals surface area contributed by atoms with E-state index >= 15 is 0 Å². The van der Waals surface area contributed by atoms with Crippen molar-refractivity contribution in [3.05, 3.63) is 196 Å². The zero-order valence-electron chi connectivity index (χ0n) is 35.0. The molecule has 0 fully saturated rings. The smallest absolute Gasteiger partial charge is 0.374 e. The number of rotatable bonds is 19. The number of methoxy groups -OCH3 is 1. The molecule has 1 atom stereocenters. The minimum atomic E-state index is 0.322. The number of pyridine rings is 1. The predicted molar refractivity (Wildman–Crippen MR) is 246 cm³/mol. The van der Waals surface area contributed by atoms with E-state index in [9.17, 15) is 0 Å². The van der Waals surface area contributed by atoms with Gasteiger partial charge in [-0.3, -0.25) is 0 Å². The standard InChI is InChI=1S/C53H57N3O3S/c1-3-4-24-50(43-33-36-54(37-34-43)35-15-40-57-2)60-53-44(27-29-51-55(38-31-41-16-7-5-8-17-41)46-20-11-13-22-48(46)58-51)25-26-45(53)28-30-52-56(39-32-42-18-9-6-10-19-42)47-21-12-14-23-49(47)59-52/h5-14,16-23,27-30,33-34,36-37,50H,3-4,15,24-26,31-32,35,38-40H2,1-2H3/q+2. The number of ether oxygens (including phenoxy) is 2. The SMILES string of the molecule is CCCCC(SC1=C(/C=C/c2oc3ccccc3[n+]2CCc2ccccc2)CC/C1=C\C=C1/Oc2ccccc2N1CCc1ccccc1)c1cc[n+](CCCOC)cc1. The summed E-state index contributed by atoms with van der Waals surface area (Å²) in [6.45, 7) is 5.68. The number of hydrogen-bond acceptors (Lipinski definition) is 5. The second-order valence-electron chi connectivity index (χ2n) is 15.6. The molecule has 2 aromatic heterocycles. The molecule has 0 N–H and O–H groups in total. The van der Waals surface area contributed by atoms with Crippen LogP contribution in [0.25, 0.3) is 17.2 Å². The number of thioether (sulfide) groups is 1. The van der Waals surface area contributed by atoms with Gasteiger partial charge in [0.05, 0.1) is 18.4 Å². The third kappa shape index (κ3) is 10.2. The third-order valence-corrected chi connectivity index (χ3v) is 13.0. The first-order valence-electron chi connectivity index (χ1n) is 21.7. The van der Waals surface area contributed by atoms with Crippen molar-refractivity contribution in [2.45, 2.75) is 76.6 Å². The Bertz CT molecular complexity index is 2450. The number of fused-ring (bicyclic) bond motifs is 2. The molecule has 1 aliphatic heterocycles. The van der Waals surface area contributed by atoms with Crippen molar-refractivity contribution >= 4 is 34.6 Å². The van der Waals surface area contributed by atoms with Crippen molar-refractivity contribution in [1.29, 1.82) is 0 Å². The summed E-state index contributed by atoms with van der Waals surface area (Å²) in [6, 6.07) is 42.9. The van der Waals surface area contributed by atoms with Gasteiger partial charge in [0.2, 0.25) is 11.5 Å². The maximum absolute atomic E-state index is 6.56. The Hall–Kier alpha value is -5.63. The average molecular weight is 816 g/mol. The molecule has 4 aromatic carbocycles. The van der Waals surface area contributed by atoms with E-state index in [-0.39, 0.29) is 0 Å². The van der Waals surface area contributed by atoms with E-state index in [0.717, 1.165) is 105 Å². The lowest BCUT2D eigenvalue weighted by atomic mass is 10.1. The summed E-state index contributed by atoms with van der Waals surface area (Å²) in [5, 5.41) is 0.322. The van der Waals surface area contributed by atoms with Gasteiger partial charge in [0.1, 0.15) is 0 Å². The van der Waals surface area contributed by atoms with E-state index in [1.165, 1.54) is 39.2 Å². The molecule has 1 aliphatic carbocycles. The van der Waals surface area contributed by atoms with Crippen molar-refractivity contribution in [3.63, 3.8) is 0 Å². The summed E-state index contributed by atoms with van der Waals surface area (Å²) in [6.07, 6.45) is 21.8. The molecular formula is C53H57N3O3S+2. The molecule has 0 amide bonds. The van der Waals surface area contributed by atoms with E-state index in [2.05, 4.69) is 179 Å². The number of para-hydroxylation sites is 4. The van der Waals surface area contributed by atoms with Gasteiger partial charge in [0.25, 0.3) is 5.52 Å². The molecule has 6 aromatic rings. The van der Waals surface area contributed by atoms with Gasteiger partial charge in [-0.05, 0) is 83.9 Å². The van der Waals surface area contributed by atoms with Crippen LogP contribution < -0.4 is 18.8 Å². The number of benzene rings is 4. The molecule has 0 saturated carbocycles. The summed E-state index contributed by atoms with van der Waals surface area (Å²) in [4.78, 5) is 3.69. The largest absolute Gasteiger partial charge is 0.439 e. The third-order valence-electron chi connectivity index (χ3n) is 11.4. The topological polar surface area (TPSA) is 42.6 Å². The number of nitrogens with zero attached hydrogens (tertiary/aromatic N) is 3. The van der Waals surface area contributed by atoms with Gasteiger partial charge in [-0.25, -0.2) is 4.57 Å². The molecule has 60 heavy (non-hydrogen) atoms. The van der Waals surface area contributed by atoms with Gasteiger partial charge >= 0.3 is 5.89 Å². The Morgan fingerprint density at radius 2 is 1.50 bits per heavy atom. The summed E-state index contributed by atoms with van der Waals surface area (Å²) >= 11 is 2.03. The maximum Gasteiger partial charge on any atom is 0.374 e. The van der Waals surface area contributed by atoms with Crippen LogP contribution in [0.1, 0.15) is 73.3 Å². The van der Waals surface area contributed by atoms with E-state index in [1.807, 2.05) is 11.8 Å². The number of hydrogen-bond donors (Lipinski definition) is 0. The van der Waals surface area contributed by atoms with Gasteiger partial charge in [0.15, 0.2) is 31.2 Å². The highest BCUT2D eigenvalue weighted by Crippen LogP contribution is 2.48. The highest BCUT2D eigenvalue weighted by atomic mass is 32.2. The fourth-order valence-electron chi connectivity index (χ4n) is 8.15. The van der Waals surface area contributed by atoms with Gasteiger partial charge in [0, 0.05) is 54.9 Å². The molecule has 2 aliphatic rings.